The van der Waals surface area contributed by atoms with Gasteiger partial charge in [-0.1, -0.05) is 98.8 Å². The van der Waals surface area contributed by atoms with E-state index in [1.807, 2.05) is 60.7 Å². The van der Waals surface area contributed by atoms with E-state index in [0.29, 0.717) is 94.9 Å². The standard InChI is InChI=1S/C82H62O18/c1-81(43-89-44-81)47-91-49-93-63-27-15-53(16-28-63)75(83)95-65-31-19-55(20-32-65)77(85)97-67-35-23-57-39-61(13-11-59(57)41-67)79(87)99-71-37-25-51-7-3-5-9-69(51)73(71)74-70-10-6-4-8-52(70)26-38-72(74)100-80(88)62-14-12-60-42-68(36-24-58(60)40-62)98-78(86)56-21-33-66(34-22-56)96-76(84)54-17-29-64(30-18-54)94-50-92-48-82(2)45-90-46-82/h3-42H,43-50H2,1-2H3. The van der Waals surface area contributed by atoms with E-state index in [1.54, 1.807) is 133 Å². The van der Waals surface area contributed by atoms with Gasteiger partial charge in [0.05, 0.1) is 73.0 Å². The summed E-state index contributed by atoms with van der Waals surface area (Å²) in [5.74, 6) is -1.30. The van der Waals surface area contributed by atoms with E-state index in [0.717, 1.165) is 21.5 Å². The van der Waals surface area contributed by atoms with Crippen molar-refractivity contribution < 1.29 is 85.6 Å². The molecule has 2 heterocycles. The second kappa shape index (κ2) is 28.6. The highest BCUT2D eigenvalue weighted by molar-refractivity contribution is 6.12. The third kappa shape index (κ3) is 14.9. The number of carbonyl (C=O) groups is 6. The Morgan fingerprint density at radius 1 is 0.300 bits per heavy atom. The van der Waals surface area contributed by atoms with Gasteiger partial charge in [0.2, 0.25) is 0 Å². The second-order valence-electron chi connectivity index (χ2n) is 25.0. The first kappa shape index (κ1) is 65.2. The van der Waals surface area contributed by atoms with Crippen LogP contribution in [0.3, 0.4) is 0 Å². The van der Waals surface area contributed by atoms with E-state index >= 15 is 0 Å². The molecule has 498 valence electrons. The maximum absolute atomic E-state index is 14.4. The SMILES string of the molecule is CC1(COCOc2ccc(C(=O)Oc3ccc(C(=O)Oc4ccc5cc(C(=O)Oc6ccc7ccccc7c6-c6c(OC(=O)c7ccc8cc(OC(=O)c9ccc(OC(=O)c%10ccc(OCOCC%11(C)COC%11)cc%10)cc9)ccc8c7)ccc7ccccc67)ccc5c4)cc3)cc2)COC1. The van der Waals surface area contributed by atoms with Crippen LogP contribution < -0.4 is 37.9 Å². The Hall–Kier alpha value is -12.1. The lowest BCUT2D eigenvalue weighted by molar-refractivity contribution is -0.151. The summed E-state index contributed by atoms with van der Waals surface area (Å²) >= 11 is 0. The van der Waals surface area contributed by atoms with Crippen molar-refractivity contribution in [3.63, 3.8) is 0 Å². The van der Waals surface area contributed by atoms with E-state index in [9.17, 15) is 28.8 Å². The molecule has 0 bridgehead atoms. The molecule has 0 N–H and O–H groups in total. The zero-order valence-electron chi connectivity index (χ0n) is 54.1. The van der Waals surface area contributed by atoms with Crippen LogP contribution in [0.1, 0.15) is 76.0 Å². The molecule has 100 heavy (non-hydrogen) atoms. The molecule has 0 aromatic heterocycles. The number of carbonyl (C=O) groups excluding carboxylic acids is 6. The normalized spacial score (nSPS) is 13.5. The van der Waals surface area contributed by atoms with Crippen molar-refractivity contribution in [1.82, 2.24) is 0 Å². The van der Waals surface area contributed by atoms with Gasteiger partial charge < -0.3 is 56.8 Å². The van der Waals surface area contributed by atoms with Crippen LogP contribution >= 0.6 is 0 Å². The number of esters is 6. The van der Waals surface area contributed by atoms with Crippen LogP contribution in [-0.4, -0.2) is 89.0 Å². The number of ether oxygens (including phenoxy) is 12. The quantitative estimate of drug-likeness (QED) is 0.0252. The van der Waals surface area contributed by atoms with Gasteiger partial charge in [-0.2, -0.15) is 0 Å². The molecule has 0 saturated carbocycles. The van der Waals surface area contributed by atoms with Gasteiger partial charge in [-0.25, -0.2) is 28.8 Å². The summed E-state index contributed by atoms with van der Waals surface area (Å²) < 4.78 is 68.4. The fourth-order valence-electron chi connectivity index (χ4n) is 11.6. The predicted octanol–water partition coefficient (Wildman–Crippen LogP) is 16.1. The van der Waals surface area contributed by atoms with Gasteiger partial charge in [-0.05, 0) is 201 Å². The summed E-state index contributed by atoms with van der Waals surface area (Å²) in [6, 6.07) is 67.6. The maximum atomic E-state index is 14.4. The van der Waals surface area contributed by atoms with Crippen LogP contribution in [0.25, 0.3) is 54.2 Å². The van der Waals surface area contributed by atoms with Gasteiger partial charge in [0, 0.05) is 22.0 Å². The highest BCUT2D eigenvalue weighted by Crippen LogP contribution is 2.46. The molecule has 2 fully saturated rings. The molecule has 0 radical (unpaired) electrons. The maximum Gasteiger partial charge on any atom is 0.343 e. The molecule has 2 saturated heterocycles. The average molecular weight is 1340 g/mol. The summed E-state index contributed by atoms with van der Waals surface area (Å²) in [6.07, 6.45) is 0. The smallest absolute Gasteiger partial charge is 0.343 e. The molecular weight excluding hydrogens is 1270 g/mol. The van der Waals surface area contributed by atoms with E-state index in [1.165, 1.54) is 48.5 Å². The molecule has 0 unspecified atom stereocenters. The van der Waals surface area contributed by atoms with Crippen LogP contribution in [0.2, 0.25) is 0 Å². The van der Waals surface area contributed by atoms with Crippen molar-refractivity contribution >= 4 is 78.9 Å². The Kier molecular flexibility index (Phi) is 18.6. The van der Waals surface area contributed by atoms with Gasteiger partial charge in [-0.3, -0.25) is 0 Å². The fraction of sp³-hybridized carbons (Fsp3) is 0.146. The molecule has 2 aliphatic rings. The monoisotopic (exact) mass is 1330 g/mol. The highest BCUT2D eigenvalue weighted by Gasteiger charge is 2.35. The lowest BCUT2D eigenvalue weighted by Gasteiger charge is -2.37. The van der Waals surface area contributed by atoms with E-state index in [4.69, 9.17) is 56.8 Å². The summed E-state index contributed by atoms with van der Waals surface area (Å²) in [6.45, 7) is 7.96. The topological polar surface area (TPSA) is 213 Å². The van der Waals surface area contributed by atoms with Crippen molar-refractivity contribution in [3.8, 4) is 57.1 Å². The minimum absolute atomic E-state index is 0.00482. The van der Waals surface area contributed by atoms with E-state index in [2.05, 4.69) is 13.8 Å². The molecule has 0 aliphatic carbocycles. The van der Waals surface area contributed by atoms with Crippen LogP contribution in [0.15, 0.2) is 243 Å². The van der Waals surface area contributed by atoms with E-state index in [-0.39, 0.29) is 81.2 Å². The molecule has 12 aromatic rings. The third-order valence-electron chi connectivity index (χ3n) is 17.1. The van der Waals surface area contributed by atoms with Crippen molar-refractivity contribution in [2.45, 2.75) is 13.8 Å². The summed E-state index contributed by atoms with van der Waals surface area (Å²) in [5, 5.41) is 5.84. The average Bonchev–Trinajstić information content (AvgIpc) is 0.748. The van der Waals surface area contributed by atoms with Gasteiger partial charge >= 0.3 is 35.8 Å². The molecular formula is C82H62O18. The van der Waals surface area contributed by atoms with Crippen molar-refractivity contribution in [2.75, 3.05) is 53.2 Å². The molecule has 18 nitrogen and oxygen atoms in total. The largest absolute Gasteiger partial charge is 0.468 e. The van der Waals surface area contributed by atoms with Crippen LogP contribution in [0, 0.1) is 10.8 Å². The Labute approximate surface area is 572 Å². The van der Waals surface area contributed by atoms with Gasteiger partial charge in [-0.15, -0.1) is 0 Å². The number of hydrogen-bond donors (Lipinski definition) is 0. The van der Waals surface area contributed by atoms with Crippen molar-refractivity contribution in [2.24, 2.45) is 10.8 Å². The lowest BCUT2D eigenvalue weighted by atomic mass is 9.90. The zero-order valence-corrected chi connectivity index (χ0v) is 54.1. The zero-order chi connectivity index (χ0) is 68.7. The molecule has 0 amide bonds. The molecule has 2 aliphatic heterocycles. The first-order chi connectivity index (χ1) is 48.6. The predicted molar refractivity (Wildman–Crippen MR) is 371 cm³/mol. The number of fused-ring (bicyclic) bond motifs is 4. The van der Waals surface area contributed by atoms with Crippen LogP contribution in [-0.2, 0) is 18.9 Å². The Morgan fingerprint density at radius 3 is 0.950 bits per heavy atom. The third-order valence-corrected chi connectivity index (χ3v) is 17.1. The Morgan fingerprint density at radius 2 is 0.590 bits per heavy atom. The van der Waals surface area contributed by atoms with Gasteiger partial charge in [0.15, 0.2) is 13.6 Å². The number of benzene rings is 12. The fourth-order valence-corrected chi connectivity index (χ4v) is 11.6. The summed E-state index contributed by atoms with van der Waals surface area (Å²) in [4.78, 5) is 81.5. The van der Waals surface area contributed by atoms with Crippen molar-refractivity contribution in [3.05, 3.63) is 276 Å². The number of hydrogen-bond acceptors (Lipinski definition) is 18. The van der Waals surface area contributed by atoms with E-state index < -0.39 is 35.8 Å². The van der Waals surface area contributed by atoms with Gasteiger partial charge in [0.1, 0.15) is 46.0 Å². The minimum atomic E-state index is -0.655. The second-order valence-corrected chi connectivity index (χ2v) is 25.0. The number of rotatable bonds is 23. The highest BCUT2D eigenvalue weighted by atomic mass is 16.7. The molecule has 14 rings (SSSR count). The van der Waals surface area contributed by atoms with Crippen molar-refractivity contribution in [1.29, 1.82) is 0 Å². The van der Waals surface area contributed by atoms with Crippen LogP contribution in [0.5, 0.6) is 46.0 Å². The summed E-state index contributed by atoms with van der Waals surface area (Å²) in [5.41, 5.74) is 2.57. The van der Waals surface area contributed by atoms with Gasteiger partial charge in [0.25, 0.3) is 0 Å². The minimum Gasteiger partial charge on any atom is -0.468 e. The molecule has 0 spiro atoms. The van der Waals surface area contributed by atoms with Crippen LogP contribution in [0.4, 0.5) is 0 Å². The molecule has 18 heteroatoms. The Balaban J connectivity index is 0.611. The lowest BCUT2D eigenvalue weighted by Crippen LogP contribution is -2.43. The Bertz CT molecular complexity index is 4790. The molecule has 12 aromatic carbocycles. The molecule has 0 atom stereocenters. The first-order valence-electron chi connectivity index (χ1n) is 32.1. The summed E-state index contributed by atoms with van der Waals surface area (Å²) in [7, 11) is 0. The first-order valence-corrected chi connectivity index (χ1v) is 32.1.